The number of aromatic nitrogens is 6. The summed E-state index contributed by atoms with van der Waals surface area (Å²) in [6.45, 7) is 2.91. The van der Waals surface area contributed by atoms with Crippen LogP contribution in [-0.2, 0) is 39.3 Å². The molecular formula is C43H40F2N7O4+. The largest absolute Gasteiger partial charge is 0.493 e. The second-order valence-electron chi connectivity index (χ2n) is 13.8. The van der Waals surface area contributed by atoms with Crippen LogP contribution in [0, 0.1) is 11.6 Å². The molecule has 0 radical (unpaired) electrons. The average Bonchev–Trinajstić information content (AvgIpc) is 3.89. The van der Waals surface area contributed by atoms with Gasteiger partial charge in [-0.25, -0.2) is 18.1 Å². The summed E-state index contributed by atoms with van der Waals surface area (Å²) in [5.74, 6) is 1.18. The monoisotopic (exact) mass is 756 g/mol. The quantitative estimate of drug-likeness (QED) is 0.105. The van der Waals surface area contributed by atoms with Gasteiger partial charge in [0.2, 0.25) is 0 Å². The second-order valence-corrected chi connectivity index (χ2v) is 13.8. The lowest BCUT2D eigenvalue weighted by Gasteiger charge is -2.41. The van der Waals surface area contributed by atoms with E-state index in [-0.39, 0.29) is 11.4 Å². The van der Waals surface area contributed by atoms with Gasteiger partial charge in [-0.3, -0.25) is 0 Å². The molecule has 0 saturated carbocycles. The van der Waals surface area contributed by atoms with Gasteiger partial charge < -0.3 is 23.4 Å². The third-order valence-corrected chi connectivity index (χ3v) is 9.97. The van der Waals surface area contributed by atoms with Crippen molar-refractivity contribution in [1.29, 1.82) is 0 Å². The number of ether oxygens (including phenoxy) is 4. The zero-order valence-electron chi connectivity index (χ0n) is 31.0. The molecule has 0 N–H and O–H groups in total. The summed E-state index contributed by atoms with van der Waals surface area (Å²) in [6.07, 6.45) is 4.25. The highest BCUT2D eigenvalue weighted by molar-refractivity contribution is 5.48. The van der Waals surface area contributed by atoms with Crippen LogP contribution in [0.2, 0.25) is 0 Å². The fraction of sp³-hybridized carbons (Fsp3) is 0.209. The van der Waals surface area contributed by atoms with Crippen LogP contribution in [0.3, 0.4) is 0 Å². The molecule has 1 aliphatic rings. The number of fused-ring (bicyclic) bond motifs is 1. The minimum Gasteiger partial charge on any atom is -0.493 e. The molecule has 0 unspecified atom stereocenters. The Labute approximate surface area is 322 Å². The van der Waals surface area contributed by atoms with Crippen molar-refractivity contribution in [2.75, 3.05) is 20.8 Å². The van der Waals surface area contributed by atoms with E-state index in [1.165, 1.54) is 21.5 Å². The molecule has 0 amide bonds. The third kappa shape index (κ3) is 8.08. The Balaban J connectivity index is 1.03. The predicted molar refractivity (Wildman–Crippen MR) is 204 cm³/mol. The molecule has 2 aromatic heterocycles. The van der Waals surface area contributed by atoms with Crippen LogP contribution in [0.5, 0.6) is 23.0 Å². The number of hydrogen-bond donors (Lipinski definition) is 0. The van der Waals surface area contributed by atoms with Crippen molar-refractivity contribution >= 4 is 0 Å². The van der Waals surface area contributed by atoms with Gasteiger partial charge in [0.1, 0.15) is 67.1 Å². The van der Waals surface area contributed by atoms with E-state index in [0.717, 1.165) is 35.2 Å². The fourth-order valence-corrected chi connectivity index (χ4v) is 7.14. The molecule has 0 fully saturated rings. The van der Waals surface area contributed by atoms with Crippen LogP contribution in [0.15, 0.2) is 122 Å². The molecule has 0 saturated heterocycles. The first kappa shape index (κ1) is 36.4. The SMILES string of the molecule is COc1cc2c(cc1OC)C[N+](Cc1cn(-c3ccc(OCc4ccccc4)cc3F)nn1)(Cc1cn(-c3ccc(OCc4ccccc4)cc3F)nn1)CC2. The molecule has 0 spiro atoms. The number of methoxy groups -OCH3 is 2. The lowest BCUT2D eigenvalue weighted by Crippen LogP contribution is -2.49. The number of halogens is 2. The summed E-state index contributed by atoms with van der Waals surface area (Å²) in [6, 6.07) is 32.9. The first-order chi connectivity index (χ1) is 27.4. The molecule has 0 bridgehead atoms. The van der Waals surface area contributed by atoms with Crippen molar-refractivity contribution in [2.24, 2.45) is 0 Å². The highest BCUT2D eigenvalue weighted by atomic mass is 19.1. The van der Waals surface area contributed by atoms with E-state index in [1.54, 1.807) is 50.9 Å². The minimum absolute atomic E-state index is 0.254. The second kappa shape index (κ2) is 16.0. The maximum atomic E-state index is 15.4. The molecule has 8 rings (SSSR count). The zero-order valence-corrected chi connectivity index (χ0v) is 31.0. The van der Waals surface area contributed by atoms with Crippen molar-refractivity contribution in [3.05, 3.63) is 167 Å². The fourth-order valence-electron chi connectivity index (χ4n) is 7.14. The number of quaternary nitrogens is 1. The first-order valence-corrected chi connectivity index (χ1v) is 18.2. The molecule has 13 heteroatoms. The summed E-state index contributed by atoms with van der Waals surface area (Å²) in [4.78, 5) is 0. The van der Waals surface area contributed by atoms with Crippen LogP contribution < -0.4 is 18.9 Å². The van der Waals surface area contributed by atoms with Gasteiger partial charge in [-0.1, -0.05) is 71.1 Å². The van der Waals surface area contributed by atoms with E-state index in [1.807, 2.05) is 72.8 Å². The van der Waals surface area contributed by atoms with Crippen molar-refractivity contribution in [1.82, 2.24) is 30.0 Å². The van der Waals surface area contributed by atoms with Gasteiger partial charge >= 0.3 is 0 Å². The maximum absolute atomic E-state index is 15.4. The summed E-state index contributed by atoms with van der Waals surface area (Å²) in [5.41, 5.74) is 6.08. The van der Waals surface area contributed by atoms with Gasteiger partial charge in [0.15, 0.2) is 23.1 Å². The van der Waals surface area contributed by atoms with Crippen molar-refractivity contribution in [2.45, 2.75) is 39.3 Å². The Kier molecular flexibility index (Phi) is 10.4. The van der Waals surface area contributed by atoms with Gasteiger partial charge in [0.05, 0.1) is 33.2 Å². The Morgan fingerprint density at radius 2 is 1.09 bits per heavy atom. The van der Waals surface area contributed by atoms with Gasteiger partial charge in [0, 0.05) is 24.1 Å². The summed E-state index contributed by atoms with van der Waals surface area (Å²) < 4.78 is 57.2. The molecule has 5 aromatic carbocycles. The Morgan fingerprint density at radius 1 is 0.607 bits per heavy atom. The van der Waals surface area contributed by atoms with E-state index in [4.69, 9.17) is 18.9 Å². The summed E-state index contributed by atoms with van der Waals surface area (Å²) in [7, 11) is 3.25. The topological polar surface area (TPSA) is 98.3 Å². The van der Waals surface area contributed by atoms with Crippen molar-refractivity contribution in [3.63, 3.8) is 0 Å². The molecule has 56 heavy (non-hydrogen) atoms. The maximum Gasteiger partial charge on any atom is 0.161 e. The number of hydrogen-bond acceptors (Lipinski definition) is 8. The van der Waals surface area contributed by atoms with Crippen LogP contribution in [0.1, 0.15) is 33.6 Å². The Morgan fingerprint density at radius 3 is 1.55 bits per heavy atom. The molecule has 11 nitrogen and oxygen atoms in total. The van der Waals surface area contributed by atoms with Crippen LogP contribution in [-0.4, -0.2) is 55.2 Å². The standard InChI is InChI=1S/C43H40F2N7O4/c1-53-42-19-32-17-18-52(25-33(32)20-43(42)54-2,26-34-23-50(48-46-34)40-15-13-36(21-38(40)44)55-28-30-9-5-3-6-10-30)27-35-24-51(49-47-35)41-16-14-37(22-39(41)45)56-29-31-11-7-4-8-12-31/h3-16,19-24H,17-18,25-29H2,1-2H3/q+1. The number of benzene rings is 5. The van der Waals surface area contributed by atoms with Crippen molar-refractivity contribution in [3.8, 4) is 34.4 Å². The molecular weight excluding hydrogens is 717 g/mol. The third-order valence-electron chi connectivity index (χ3n) is 9.97. The van der Waals surface area contributed by atoms with E-state index < -0.39 is 11.6 Å². The summed E-state index contributed by atoms with van der Waals surface area (Å²) >= 11 is 0. The van der Waals surface area contributed by atoms with Gasteiger partial charge in [-0.05, 0) is 53.1 Å². The Bertz CT molecular complexity index is 2310. The summed E-state index contributed by atoms with van der Waals surface area (Å²) in [5, 5.41) is 17.6. The van der Waals surface area contributed by atoms with Gasteiger partial charge in [-0.15, -0.1) is 10.2 Å². The normalized spacial score (nSPS) is 13.2. The lowest BCUT2D eigenvalue weighted by molar-refractivity contribution is -0.968. The Hall–Kier alpha value is -6.60. The van der Waals surface area contributed by atoms with Gasteiger partial charge in [0.25, 0.3) is 0 Å². The molecule has 0 atom stereocenters. The van der Waals surface area contributed by atoms with Crippen LogP contribution >= 0.6 is 0 Å². The highest BCUT2D eigenvalue weighted by Crippen LogP contribution is 2.37. The average molecular weight is 757 g/mol. The van der Waals surface area contributed by atoms with E-state index in [2.05, 4.69) is 20.6 Å². The molecule has 1 aliphatic heterocycles. The smallest absolute Gasteiger partial charge is 0.161 e. The van der Waals surface area contributed by atoms with E-state index in [0.29, 0.717) is 71.7 Å². The van der Waals surface area contributed by atoms with Crippen molar-refractivity contribution < 1.29 is 32.2 Å². The number of rotatable bonds is 14. The van der Waals surface area contributed by atoms with E-state index in [9.17, 15) is 0 Å². The molecule has 3 heterocycles. The van der Waals surface area contributed by atoms with Crippen LogP contribution in [0.25, 0.3) is 11.4 Å². The lowest BCUT2D eigenvalue weighted by atomic mass is 9.96. The number of nitrogens with zero attached hydrogens (tertiary/aromatic N) is 7. The molecule has 0 aliphatic carbocycles. The van der Waals surface area contributed by atoms with Crippen LogP contribution in [0.4, 0.5) is 8.78 Å². The molecule has 284 valence electrons. The predicted octanol–water partition coefficient (Wildman–Crippen LogP) is 7.57. The highest BCUT2D eigenvalue weighted by Gasteiger charge is 2.36. The molecule has 7 aromatic rings. The first-order valence-electron chi connectivity index (χ1n) is 18.2. The minimum atomic E-state index is -0.483. The van der Waals surface area contributed by atoms with E-state index >= 15 is 8.78 Å². The van der Waals surface area contributed by atoms with Gasteiger partial charge in [-0.2, -0.15) is 0 Å². The zero-order chi connectivity index (χ0) is 38.5.